The van der Waals surface area contributed by atoms with Gasteiger partial charge < -0.3 is 23.7 Å². The normalized spacial score (nSPS) is 10.7. The van der Waals surface area contributed by atoms with Gasteiger partial charge in [-0.2, -0.15) is 0 Å². The third-order valence-electron chi connectivity index (χ3n) is 4.25. The minimum absolute atomic E-state index is 0.178. The van der Waals surface area contributed by atoms with Gasteiger partial charge in [-0.1, -0.05) is 13.3 Å². The molecule has 142 valence electrons. The van der Waals surface area contributed by atoms with E-state index in [1.54, 1.807) is 25.4 Å². The lowest BCUT2D eigenvalue weighted by Crippen LogP contribution is -2.31. The molecule has 0 spiro atoms. The van der Waals surface area contributed by atoms with E-state index in [1.807, 2.05) is 6.92 Å². The molecule has 0 aliphatic heterocycles. The standard InChI is InChI=1S/C19H26N2O5/c1-6-8-9-20(3)19(23)26-17-12-21(7-2)18(22)14-11-16(25-5)15(24-4)10-13(14)17/h10-12H,6-9H2,1-5H3. The second-order valence-electron chi connectivity index (χ2n) is 5.98. The van der Waals surface area contributed by atoms with Crippen molar-refractivity contribution in [3.8, 4) is 17.2 Å². The van der Waals surface area contributed by atoms with Crippen LogP contribution in [0.1, 0.15) is 26.7 Å². The monoisotopic (exact) mass is 362 g/mol. The summed E-state index contributed by atoms with van der Waals surface area (Å²) >= 11 is 0. The molecule has 1 amide bonds. The molecule has 26 heavy (non-hydrogen) atoms. The second kappa shape index (κ2) is 8.60. The van der Waals surface area contributed by atoms with E-state index in [0.29, 0.717) is 41.1 Å². The number of hydrogen-bond acceptors (Lipinski definition) is 5. The molecule has 0 N–H and O–H groups in total. The number of carbonyl (C=O) groups excluding carboxylic acids is 1. The van der Waals surface area contributed by atoms with Crippen molar-refractivity contribution in [1.82, 2.24) is 9.47 Å². The van der Waals surface area contributed by atoms with E-state index in [0.717, 1.165) is 12.8 Å². The zero-order valence-electron chi connectivity index (χ0n) is 16.0. The third kappa shape index (κ3) is 3.92. The number of fused-ring (bicyclic) bond motifs is 1. The zero-order chi connectivity index (χ0) is 19.3. The third-order valence-corrected chi connectivity index (χ3v) is 4.25. The first-order chi connectivity index (χ1) is 12.5. The molecule has 1 aromatic heterocycles. The molecule has 0 aliphatic rings. The molecule has 0 bridgehead atoms. The lowest BCUT2D eigenvalue weighted by molar-refractivity contribution is 0.162. The molecule has 0 atom stereocenters. The maximum atomic E-state index is 12.7. The Labute approximate surface area is 153 Å². The molecule has 0 aliphatic carbocycles. The Morgan fingerprint density at radius 1 is 1.08 bits per heavy atom. The highest BCUT2D eigenvalue weighted by Gasteiger charge is 2.18. The van der Waals surface area contributed by atoms with E-state index in [-0.39, 0.29) is 5.56 Å². The summed E-state index contributed by atoms with van der Waals surface area (Å²) in [6.07, 6.45) is 2.97. The minimum atomic E-state index is -0.462. The maximum absolute atomic E-state index is 12.7. The summed E-state index contributed by atoms with van der Waals surface area (Å²) in [5.74, 6) is 1.23. The van der Waals surface area contributed by atoms with E-state index in [2.05, 4.69) is 6.92 Å². The van der Waals surface area contributed by atoms with Crippen molar-refractivity contribution in [3.05, 3.63) is 28.7 Å². The minimum Gasteiger partial charge on any atom is -0.493 e. The van der Waals surface area contributed by atoms with E-state index >= 15 is 0 Å². The molecular weight excluding hydrogens is 336 g/mol. The Bertz CT molecular complexity index is 844. The summed E-state index contributed by atoms with van der Waals surface area (Å²) in [5.41, 5.74) is -0.178. The highest BCUT2D eigenvalue weighted by atomic mass is 16.6. The molecule has 0 radical (unpaired) electrons. The van der Waals surface area contributed by atoms with Crippen molar-refractivity contribution < 1.29 is 19.0 Å². The van der Waals surface area contributed by atoms with Crippen molar-refractivity contribution in [2.45, 2.75) is 33.2 Å². The fraction of sp³-hybridized carbons (Fsp3) is 0.474. The van der Waals surface area contributed by atoms with E-state index in [9.17, 15) is 9.59 Å². The predicted octanol–water partition coefficient (Wildman–Crippen LogP) is 3.27. The van der Waals surface area contributed by atoms with Gasteiger partial charge in [0, 0.05) is 25.5 Å². The van der Waals surface area contributed by atoms with Gasteiger partial charge in [0.2, 0.25) is 0 Å². The number of rotatable bonds is 7. The smallest absolute Gasteiger partial charge is 0.415 e. The molecule has 0 saturated carbocycles. The van der Waals surface area contributed by atoms with Crippen LogP contribution < -0.4 is 19.8 Å². The molecule has 1 aromatic carbocycles. The number of methoxy groups -OCH3 is 2. The first-order valence-electron chi connectivity index (χ1n) is 8.68. The summed E-state index contributed by atoms with van der Waals surface area (Å²) in [4.78, 5) is 26.6. The Balaban J connectivity index is 2.55. The summed E-state index contributed by atoms with van der Waals surface area (Å²) in [7, 11) is 4.72. The number of pyridine rings is 1. The van der Waals surface area contributed by atoms with Crippen LogP contribution in [0.2, 0.25) is 0 Å². The van der Waals surface area contributed by atoms with Gasteiger partial charge in [-0.25, -0.2) is 4.79 Å². The summed E-state index contributed by atoms with van der Waals surface area (Å²) in [5, 5.41) is 0.917. The second-order valence-corrected chi connectivity index (χ2v) is 5.98. The average molecular weight is 362 g/mol. The molecule has 0 fully saturated rings. The molecule has 2 rings (SSSR count). The van der Waals surface area contributed by atoms with Crippen LogP contribution in [-0.4, -0.2) is 43.4 Å². The van der Waals surface area contributed by atoms with Crippen molar-refractivity contribution in [1.29, 1.82) is 0 Å². The molecular formula is C19H26N2O5. The fourth-order valence-corrected chi connectivity index (χ4v) is 2.66. The highest BCUT2D eigenvalue weighted by Crippen LogP contribution is 2.35. The van der Waals surface area contributed by atoms with Crippen LogP contribution in [0.4, 0.5) is 4.79 Å². The maximum Gasteiger partial charge on any atom is 0.415 e. The summed E-state index contributed by atoms with van der Waals surface area (Å²) in [6, 6.07) is 3.27. The largest absolute Gasteiger partial charge is 0.493 e. The van der Waals surface area contributed by atoms with Gasteiger partial charge in [0.05, 0.1) is 25.8 Å². The van der Waals surface area contributed by atoms with Crippen molar-refractivity contribution in [2.24, 2.45) is 0 Å². The van der Waals surface area contributed by atoms with Crippen molar-refractivity contribution in [3.63, 3.8) is 0 Å². The van der Waals surface area contributed by atoms with Crippen LogP contribution in [-0.2, 0) is 6.54 Å². The van der Waals surface area contributed by atoms with Crippen LogP contribution in [0.15, 0.2) is 23.1 Å². The Kier molecular flexibility index (Phi) is 6.49. The number of hydrogen-bond donors (Lipinski definition) is 0. The molecule has 0 unspecified atom stereocenters. The molecule has 2 aromatic rings. The van der Waals surface area contributed by atoms with E-state index in [4.69, 9.17) is 14.2 Å². The topological polar surface area (TPSA) is 70.0 Å². The quantitative estimate of drug-likeness (QED) is 0.756. The van der Waals surface area contributed by atoms with Gasteiger partial charge in [0.25, 0.3) is 5.56 Å². The molecule has 7 nitrogen and oxygen atoms in total. The number of benzene rings is 1. The van der Waals surface area contributed by atoms with Crippen LogP contribution in [0.25, 0.3) is 10.8 Å². The fourth-order valence-electron chi connectivity index (χ4n) is 2.66. The predicted molar refractivity (Wildman–Crippen MR) is 101 cm³/mol. The van der Waals surface area contributed by atoms with Gasteiger partial charge in [0.15, 0.2) is 17.2 Å². The Hall–Kier alpha value is -2.70. The van der Waals surface area contributed by atoms with Gasteiger partial charge in [-0.15, -0.1) is 0 Å². The SMILES string of the molecule is CCCCN(C)C(=O)Oc1cn(CC)c(=O)c2cc(OC)c(OC)cc12. The van der Waals surface area contributed by atoms with E-state index in [1.165, 1.54) is 23.7 Å². The van der Waals surface area contributed by atoms with Gasteiger partial charge in [0.1, 0.15) is 0 Å². The Morgan fingerprint density at radius 2 is 1.69 bits per heavy atom. The summed E-state index contributed by atoms with van der Waals surface area (Å²) < 4.78 is 17.7. The first-order valence-corrected chi connectivity index (χ1v) is 8.68. The van der Waals surface area contributed by atoms with Gasteiger partial charge in [-0.3, -0.25) is 4.79 Å². The number of nitrogens with zero attached hydrogens (tertiary/aromatic N) is 2. The number of amides is 1. The number of unbranched alkanes of at least 4 members (excludes halogenated alkanes) is 1. The first kappa shape index (κ1) is 19.6. The van der Waals surface area contributed by atoms with Crippen molar-refractivity contribution >= 4 is 16.9 Å². The van der Waals surface area contributed by atoms with Crippen LogP contribution >= 0.6 is 0 Å². The van der Waals surface area contributed by atoms with Crippen molar-refractivity contribution in [2.75, 3.05) is 27.8 Å². The van der Waals surface area contributed by atoms with Gasteiger partial charge in [-0.05, 0) is 25.5 Å². The van der Waals surface area contributed by atoms with E-state index < -0.39 is 6.09 Å². The lowest BCUT2D eigenvalue weighted by Gasteiger charge is -2.18. The van der Waals surface area contributed by atoms with Crippen LogP contribution in [0, 0.1) is 0 Å². The number of ether oxygens (including phenoxy) is 3. The molecule has 7 heteroatoms. The average Bonchev–Trinajstić information content (AvgIpc) is 2.66. The van der Waals surface area contributed by atoms with Gasteiger partial charge >= 0.3 is 6.09 Å². The number of aryl methyl sites for hydroxylation is 1. The molecule has 0 saturated heterocycles. The van der Waals surface area contributed by atoms with Crippen LogP contribution in [0.5, 0.6) is 17.2 Å². The van der Waals surface area contributed by atoms with Crippen LogP contribution in [0.3, 0.4) is 0 Å². The zero-order valence-corrected chi connectivity index (χ0v) is 16.0. The summed E-state index contributed by atoms with van der Waals surface area (Å²) in [6.45, 7) is 4.98. The Morgan fingerprint density at radius 3 is 2.23 bits per heavy atom. The highest BCUT2D eigenvalue weighted by molar-refractivity contribution is 5.92. The number of carbonyl (C=O) groups is 1. The lowest BCUT2D eigenvalue weighted by atomic mass is 10.1. The molecule has 1 heterocycles. The number of aromatic nitrogens is 1.